The second-order valence-electron chi connectivity index (χ2n) is 3.25. The number of aromatic amines is 1. The minimum Gasteiger partial charge on any atom is -0.398 e. The molecule has 0 aliphatic carbocycles. The van der Waals surface area contributed by atoms with Gasteiger partial charge >= 0.3 is 0 Å². The highest BCUT2D eigenvalue weighted by molar-refractivity contribution is 5.84. The smallest absolute Gasteiger partial charge is 0.0476 e. The van der Waals surface area contributed by atoms with Gasteiger partial charge in [0.25, 0.3) is 0 Å². The summed E-state index contributed by atoms with van der Waals surface area (Å²) in [5, 5.41) is 1.24. The molecule has 0 saturated heterocycles. The zero-order valence-electron chi connectivity index (χ0n) is 7.31. The molecule has 1 heterocycles. The minimum atomic E-state index is 0.851. The van der Waals surface area contributed by atoms with Gasteiger partial charge in [0, 0.05) is 22.3 Å². The molecule has 0 saturated carbocycles. The fourth-order valence-corrected chi connectivity index (χ4v) is 1.46. The van der Waals surface area contributed by atoms with Crippen LogP contribution in [0.1, 0.15) is 11.3 Å². The molecule has 2 nitrogen and oxygen atoms in total. The van der Waals surface area contributed by atoms with E-state index in [2.05, 4.69) is 17.1 Å². The van der Waals surface area contributed by atoms with Crippen molar-refractivity contribution in [3.05, 3.63) is 29.5 Å². The van der Waals surface area contributed by atoms with Crippen molar-refractivity contribution in [1.82, 2.24) is 4.98 Å². The first-order valence-electron chi connectivity index (χ1n) is 4.02. The second kappa shape index (κ2) is 2.27. The number of nitrogens with one attached hydrogen (secondary N) is 1. The molecule has 2 rings (SSSR count). The largest absolute Gasteiger partial charge is 0.398 e. The van der Waals surface area contributed by atoms with Crippen molar-refractivity contribution < 1.29 is 0 Å². The van der Waals surface area contributed by atoms with Gasteiger partial charge in [-0.05, 0) is 37.6 Å². The molecule has 0 aliphatic heterocycles. The van der Waals surface area contributed by atoms with E-state index >= 15 is 0 Å². The van der Waals surface area contributed by atoms with Crippen LogP contribution >= 0.6 is 0 Å². The fourth-order valence-electron chi connectivity index (χ4n) is 1.46. The van der Waals surface area contributed by atoms with E-state index in [1.165, 1.54) is 11.1 Å². The number of aromatic nitrogens is 1. The SMILES string of the molecule is Cc1cc2cc(C)c(N)cc2[nH]1. The molecule has 2 aromatic rings. The topological polar surface area (TPSA) is 41.8 Å². The molecule has 0 spiro atoms. The van der Waals surface area contributed by atoms with Crippen LogP contribution < -0.4 is 5.73 Å². The summed E-state index contributed by atoms with van der Waals surface area (Å²) < 4.78 is 0. The third-order valence-corrected chi connectivity index (χ3v) is 2.14. The first-order chi connectivity index (χ1) is 5.66. The monoisotopic (exact) mass is 160 g/mol. The lowest BCUT2D eigenvalue weighted by Gasteiger charge is -1.98. The highest BCUT2D eigenvalue weighted by Gasteiger charge is 1.99. The Balaban J connectivity index is 2.83. The molecule has 2 heteroatoms. The lowest BCUT2D eigenvalue weighted by molar-refractivity contribution is 1.30. The molecule has 62 valence electrons. The van der Waals surface area contributed by atoms with Gasteiger partial charge in [-0.2, -0.15) is 0 Å². The molecule has 0 amide bonds. The summed E-state index contributed by atoms with van der Waals surface area (Å²) in [7, 11) is 0. The van der Waals surface area contributed by atoms with Gasteiger partial charge in [-0.15, -0.1) is 0 Å². The molecule has 0 radical (unpaired) electrons. The maximum atomic E-state index is 5.78. The molecular weight excluding hydrogens is 148 g/mol. The van der Waals surface area contributed by atoms with Crippen LogP contribution in [0.15, 0.2) is 18.2 Å². The van der Waals surface area contributed by atoms with Gasteiger partial charge < -0.3 is 10.7 Å². The molecule has 0 bridgehead atoms. The lowest BCUT2D eigenvalue weighted by Crippen LogP contribution is -1.88. The van der Waals surface area contributed by atoms with Crippen LogP contribution in [-0.4, -0.2) is 4.98 Å². The van der Waals surface area contributed by atoms with E-state index in [0.717, 1.165) is 16.8 Å². The van der Waals surface area contributed by atoms with Crippen molar-refractivity contribution in [3.63, 3.8) is 0 Å². The lowest BCUT2D eigenvalue weighted by atomic mass is 10.1. The summed E-state index contributed by atoms with van der Waals surface area (Å²) in [4.78, 5) is 3.25. The van der Waals surface area contributed by atoms with E-state index < -0.39 is 0 Å². The molecule has 1 aromatic heterocycles. The van der Waals surface area contributed by atoms with Crippen molar-refractivity contribution in [3.8, 4) is 0 Å². The van der Waals surface area contributed by atoms with Gasteiger partial charge in [-0.3, -0.25) is 0 Å². The number of aryl methyl sites for hydroxylation is 2. The maximum Gasteiger partial charge on any atom is 0.0476 e. The predicted molar refractivity (Wildman–Crippen MR) is 52.2 cm³/mol. The fraction of sp³-hybridized carbons (Fsp3) is 0.200. The number of benzene rings is 1. The van der Waals surface area contributed by atoms with E-state index in [4.69, 9.17) is 5.73 Å². The highest BCUT2D eigenvalue weighted by Crippen LogP contribution is 2.21. The summed E-state index contributed by atoms with van der Waals surface area (Å²) in [6.07, 6.45) is 0. The quantitative estimate of drug-likeness (QED) is 0.571. The molecule has 0 unspecified atom stereocenters. The maximum absolute atomic E-state index is 5.78. The summed E-state index contributed by atoms with van der Waals surface area (Å²) in [5.41, 5.74) is 10.1. The molecule has 0 fully saturated rings. The van der Waals surface area contributed by atoms with E-state index in [1.54, 1.807) is 0 Å². The Kier molecular flexibility index (Phi) is 1.37. The summed E-state index contributed by atoms with van der Waals surface area (Å²) in [6, 6.07) is 6.22. The van der Waals surface area contributed by atoms with Crippen LogP contribution in [0.4, 0.5) is 5.69 Å². The standard InChI is InChI=1S/C10H12N2/c1-6-3-8-4-7(2)12-10(8)5-9(6)11/h3-5,12H,11H2,1-2H3. The van der Waals surface area contributed by atoms with Gasteiger partial charge in [-0.1, -0.05) is 0 Å². The average Bonchev–Trinajstić information content (AvgIpc) is 2.30. The van der Waals surface area contributed by atoms with Crippen LogP contribution in [0.25, 0.3) is 10.9 Å². The van der Waals surface area contributed by atoms with Gasteiger partial charge in [0.1, 0.15) is 0 Å². The average molecular weight is 160 g/mol. The number of hydrogen-bond acceptors (Lipinski definition) is 1. The molecule has 0 atom stereocenters. The molecule has 3 N–H and O–H groups in total. The summed E-state index contributed by atoms with van der Waals surface area (Å²) >= 11 is 0. The first-order valence-corrected chi connectivity index (χ1v) is 4.02. The van der Waals surface area contributed by atoms with Crippen LogP contribution in [0, 0.1) is 13.8 Å². The zero-order chi connectivity index (χ0) is 8.72. The Labute approximate surface area is 71.4 Å². The third-order valence-electron chi connectivity index (χ3n) is 2.14. The summed E-state index contributed by atoms with van der Waals surface area (Å²) in [5.74, 6) is 0. The van der Waals surface area contributed by atoms with E-state index in [9.17, 15) is 0 Å². The number of nitrogens with two attached hydrogens (primary N) is 1. The van der Waals surface area contributed by atoms with E-state index in [1.807, 2.05) is 19.9 Å². The second-order valence-corrected chi connectivity index (χ2v) is 3.25. The molecular formula is C10H12N2. The third kappa shape index (κ3) is 0.961. The van der Waals surface area contributed by atoms with Gasteiger partial charge in [0.05, 0.1) is 0 Å². The first kappa shape index (κ1) is 7.22. The number of nitrogen functional groups attached to an aromatic ring is 1. The van der Waals surface area contributed by atoms with Gasteiger partial charge in [0.2, 0.25) is 0 Å². The van der Waals surface area contributed by atoms with Gasteiger partial charge in [0.15, 0.2) is 0 Å². The highest BCUT2D eigenvalue weighted by atomic mass is 14.7. The Morgan fingerprint density at radius 1 is 1.17 bits per heavy atom. The van der Waals surface area contributed by atoms with Crippen LogP contribution in [0.3, 0.4) is 0 Å². The van der Waals surface area contributed by atoms with Crippen molar-refractivity contribution in [1.29, 1.82) is 0 Å². The summed E-state index contributed by atoms with van der Waals surface area (Å²) in [6.45, 7) is 4.07. The Hall–Kier alpha value is -1.44. The van der Waals surface area contributed by atoms with E-state index in [-0.39, 0.29) is 0 Å². The number of rotatable bonds is 0. The number of H-pyrrole nitrogens is 1. The normalized spacial score (nSPS) is 10.8. The van der Waals surface area contributed by atoms with Crippen molar-refractivity contribution >= 4 is 16.6 Å². The van der Waals surface area contributed by atoms with Gasteiger partial charge in [-0.25, -0.2) is 0 Å². The van der Waals surface area contributed by atoms with Crippen molar-refractivity contribution in [2.45, 2.75) is 13.8 Å². The van der Waals surface area contributed by atoms with Crippen molar-refractivity contribution in [2.24, 2.45) is 0 Å². The number of fused-ring (bicyclic) bond motifs is 1. The van der Waals surface area contributed by atoms with E-state index in [0.29, 0.717) is 0 Å². The molecule has 0 aliphatic rings. The predicted octanol–water partition coefficient (Wildman–Crippen LogP) is 2.37. The van der Waals surface area contributed by atoms with Crippen LogP contribution in [-0.2, 0) is 0 Å². The Bertz CT molecular complexity index is 388. The van der Waals surface area contributed by atoms with Crippen LogP contribution in [0.2, 0.25) is 0 Å². The Morgan fingerprint density at radius 2 is 1.92 bits per heavy atom. The number of anilines is 1. The van der Waals surface area contributed by atoms with Crippen LogP contribution in [0.5, 0.6) is 0 Å². The number of hydrogen-bond donors (Lipinski definition) is 2. The molecule has 1 aromatic carbocycles. The zero-order valence-corrected chi connectivity index (χ0v) is 7.31. The minimum absolute atomic E-state index is 0.851. The molecule has 12 heavy (non-hydrogen) atoms. The Morgan fingerprint density at radius 3 is 2.67 bits per heavy atom. The van der Waals surface area contributed by atoms with Crippen molar-refractivity contribution in [2.75, 3.05) is 5.73 Å².